The van der Waals surface area contributed by atoms with Crippen molar-refractivity contribution in [3.8, 4) is 11.5 Å². The van der Waals surface area contributed by atoms with E-state index in [1.54, 1.807) is 13.2 Å². The Kier molecular flexibility index (Phi) is 11.5. The minimum absolute atomic E-state index is 0.0112. The number of carbonyl (C=O) groups is 4. The van der Waals surface area contributed by atoms with Crippen LogP contribution in [0.1, 0.15) is 96.6 Å². The molecular formula is C41H55N5O9S. The van der Waals surface area contributed by atoms with Gasteiger partial charge < -0.3 is 29.7 Å². The number of hydrogen-bond acceptors (Lipinski definition) is 10. The zero-order chi connectivity index (χ0) is 39.8. The molecule has 15 heteroatoms. The molecule has 3 N–H and O–H groups in total. The van der Waals surface area contributed by atoms with Crippen molar-refractivity contribution < 1.29 is 41.8 Å². The van der Waals surface area contributed by atoms with E-state index in [1.165, 1.54) is 4.90 Å². The Labute approximate surface area is 328 Å². The van der Waals surface area contributed by atoms with Crippen LogP contribution in [0, 0.1) is 17.8 Å². The van der Waals surface area contributed by atoms with E-state index >= 15 is 0 Å². The number of rotatable bonds is 8. The molecule has 1 aromatic carbocycles. The van der Waals surface area contributed by atoms with Gasteiger partial charge in [0.25, 0.3) is 5.91 Å². The predicted octanol–water partition coefficient (Wildman–Crippen LogP) is 4.69. The van der Waals surface area contributed by atoms with Gasteiger partial charge in [0.05, 0.1) is 30.1 Å². The van der Waals surface area contributed by atoms with Crippen LogP contribution >= 0.6 is 0 Å². The quantitative estimate of drug-likeness (QED) is 0.318. The summed E-state index contributed by atoms with van der Waals surface area (Å²) in [4.78, 5) is 62.7. The standard InChI is InChI=1S/C41H55N5O9S/c1-5-27-18-19-41(27,39(49)45-56(51,52)30-15-16-30)44-37(47)33-22-29-23-46(33)38(48)36(24(2)3)43-40(50)55-34-13-9-11-25(34)10-7-6-8-12-32-35(54-29)21-26-20-28(53-4)14-17-31(26)42-32/h5,14,17,20-21,24-25,27,29-30,33-34,36H,1,6-13,15-16,18-19,22-23H2,2-4H3,(H,43,50)(H,44,47)(H,45,49). The number of fused-ring (bicyclic) bond motifs is 5. The topological polar surface area (TPSA) is 182 Å². The normalized spacial score (nSPS) is 30.0. The van der Waals surface area contributed by atoms with Crippen LogP contribution in [-0.4, -0.2) is 90.9 Å². The Morgan fingerprint density at radius 3 is 2.54 bits per heavy atom. The Morgan fingerprint density at radius 1 is 1.05 bits per heavy atom. The molecule has 1 saturated heterocycles. The van der Waals surface area contributed by atoms with Crippen LogP contribution in [0.25, 0.3) is 10.9 Å². The van der Waals surface area contributed by atoms with Crippen molar-refractivity contribution in [1.82, 2.24) is 25.2 Å². The van der Waals surface area contributed by atoms with Crippen molar-refractivity contribution in [3.05, 3.63) is 42.6 Å². The molecule has 2 bridgehead atoms. The van der Waals surface area contributed by atoms with Crippen molar-refractivity contribution >= 4 is 44.7 Å². The number of ether oxygens (including phenoxy) is 3. The number of amides is 4. The largest absolute Gasteiger partial charge is 0.497 e. The van der Waals surface area contributed by atoms with E-state index in [2.05, 4.69) is 21.9 Å². The second kappa shape index (κ2) is 16.2. The van der Waals surface area contributed by atoms with Gasteiger partial charge in [0.2, 0.25) is 21.8 Å². The van der Waals surface area contributed by atoms with Gasteiger partial charge in [-0.25, -0.2) is 18.2 Å². The molecule has 304 valence electrons. The molecule has 3 heterocycles. The maximum atomic E-state index is 14.6. The SMILES string of the molecule is C=CC1CCC1(NC(=O)C1CC2CN1C(=O)C(C(C)C)NC(=O)OC1CCCC1CCCCCc1nc3ccc(OC)cc3cc1O2)C(=O)NS(=O)(=O)C1CC1. The van der Waals surface area contributed by atoms with Gasteiger partial charge in [-0.15, -0.1) is 6.58 Å². The van der Waals surface area contributed by atoms with Crippen LogP contribution in [0.3, 0.4) is 0 Å². The van der Waals surface area contributed by atoms with Gasteiger partial charge in [0.15, 0.2) is 0 Å². The van der Waals surface area contributed by atoms with Crippen molar-refractivity contribution in [2.75, 3.05) is 13.7 Å². The average molecular weight is 794 g/mol. The Morgan fingerprint density at radius 2 is 1.84 bits per heavy atom. The van der Waals surface area contributed by atoms with E-state index in [0.29, 0.717) is 37.2 Å². The zero-order valence-corrected chi connectivity index (χ0v) is 33.4. The maximum absolute atomic E-state index is 14.6. The third-order valence-electron chi connectivity index (χ3n) is 12.5. The number of pyridine rings is 1. The molecule has 56 heavy (non-hydrogen) atoms. The molecule has 7 unspecified atom stereocenters. The number of nitrogens with one attached hydrogen (secondary N) is 3. The summed E-state index contributed by atoms with van der Waals surface area (Å²) in [5.41, 5.74) is 0.00791. The average Bonchev–Trinajstić information content (AvgIpc) is 3.81. The van der Waals surface area contributed by atoms with E-state index < -0.39 is 68.7 Å². The number of nitrogens with zero attached hydrogens (tertiary/aromatic N) is 2. The van der Waals surface area contributed by atoms with Gasteiger partial charge >= 0.3 is 6.09 Å². The number of alkyl carbamates (subject to hydrolysis) is 1. The molecule has 2 aliphatic heterocycles. The fourth-order valence-electron chi connectivity index (χ4n) is 8.89. The number of benzene rings is 1. The van der Waals surface area contributed by atoms with E-state index in [0.717, 1.165) is 61.5 Å². The lowest BCUT2D eigenvalue weighted by Crippen LogP contribution is -2.70. The van der Waals surface area contributed by atoms with Gasteiger partial charge in [-0.05, 0) is 100 Å². The van der Waals surface area contributed by atoms with Crippen LogP contribution in [-0.2, 0) is 35.6 Å². The lowest BCUT2D eigenvalue weighted by molar-refractivity contribution is -0.145. The molecule has 0 radical (unpaired) electrons. The van der Waals surface area contributed by atoms with Gasteiger partial charge in [0.1, 0.15) is 41.3 Å². The number of hydrogen-bond donors (Lipinski definition) is 3. The predicted molar refractivity (Wildman–Crippen MR) is 208 cm³/mol. The Bertz CT molecular complexity index is 1970. The van der Waals surface area contributed by atoms with Crippen LogP contribution in [0.4, 0.5) is 4.79 Å². The van der Waals surface area contributed by atoms with E-state index in [1.807, 2.05) is 38.1 Å². The molecule has 3 saturated carbocycles. The summed E-state index contributed by atoms with van der Waals surface area (Å²) >= 11 is 0. The molecule has 7 atom stereocenters. The number of sulfonamides is 1. The van der Waals surface area contributed by atoms with Crippen LogP contribution in [0.15, 0.2) is 36.9 Å². The second-order valence-electron chi connectivity index (χ2n) is 16.6. The first-order valence-electron chi connectivity index (χ1n) is 20.2. The number of carbonyl (C=O) groups excluding carboxylic acids is 4. The maximum Gasteiger partial charge on any atom is 0.408 e. The fourth-order valence-corrected chi connectivity index (χ4v) is 10.3. The minimum atomic E-state index is -3.91. The molecule has 4 amide bonds. The molecule has 0 spiro atoms. The Balaban J connectivity index is 1.22. The van der Waals surface area contributed by atoms with Crippen molar-refractivity contribution in [1.29, 1.82) is 0 Å². The number of aryl methyl sites for hydroxylation is 1. The number of aromatic nitrogens is 1. The summed E-state index contributed by atoms with van der Waals surface area (Å²) in [5.74, 6) is -1.36. The molecule has 3 aliphatic carbocycles. The van der Waals surface area contributed by atoms with Crippen molar-refractivity contribution in [3.63, 3.8) is 0 Å². The first-order chi connectivity index (χ1) is 26.8. The molecule has 5 aliphatic rings. The molecule has 4 fully saturated rings. The molecule has 1 aromatic heterocycles. The van der Waals surface area contributed by atoms with Gasteiger partial charge in [-0.2, -0.15) is 0 Å². The van der Waals surface area contributed by atoms with Gasteiger partial charge in [-0.1, -0.05) is 32.8 Å². The monoisotopic (exact) mass is 793 g/mol. The summed E-state index contributed by atoms with van der Waals surface area (Å²) < 4.78 is 46.1. The first kappa shape index (κ1) is 39.8. The van der Waals surface area contributed by atoms with Crippen LogP contribution in [0.5, 0.6) is 11.5 Å². The van der Waals surface area contributed by atoms with Crippen molar-refractivity contribution in [2.45, 2.75) is 132 Å². The third kappa shape index (κ3) is 8.19. The minimum Gasteiger partial charge on any atom is -0.497 e. The molecule has 14 nitrogen and oxygen atoms in total. The highest BCUT2D eigenvalue weighted by Crippen LogP contribution is 2.41. The van der Waals surface area contributed by atoms with Crippen molar-refractivity contribution in [2.24, 2.45) is 17.8 Å². The summed E-state index contributed by atoms with van der Waals surface area (Å²) in [5, 5.41) is 5.90. The highest BCUT2D eigenvalue weighted by molar-refractivity contribution is 7.91. The molecule has 7 rings (SSSR count). The van der Waals surface area contributed by atoms with E-state index in [4.69, 9.17) is 19.2 Å². The summed E-state index contributed by atoms with van der Waals surface area (Å²) in [6, 6.07) is 5.46. The lowest BCUT2D eigenvalue weighted by Gasteiger charge is -2.47. The molecular weight excluding hydrogens is 739 g/mol. The lowest BCUT2D eigenvalue weighted by atomic mass is 9.66. The van der Waals surface area contributed by atoms with Gasteiger partial charge in [0, 0.05) is 17.7 Å². The highest BCUT2D eigenvalue weighted by atomic mass is 32.2. The van der Waals surface area contributed by atoms with Crippen LogP contribution < -0.4 is 24.8 Å². The fraction of sp³-hybridized carbons (Fsp3) is 0.634. The van der Waals surface area contributed by atoms with Crippen LogP contribution in [0.2, 0.25) is 0 Å². The summed E-state index contributed by atoms with van der Waals surface area (Å²) in [6.07, 6.45) is 8.82. The smallest absolute Gasteiger partial charge is 0.408 e. The first-order valence-corrected chi connectivity index (χ1v) is 21.8. The summed E-state index contributed by atoms with van der Waals surface area (Å²) in [6.45, 7) is 7.50. The number of methoxy groups -OCH3 is 1. The molecule has 2 aromatic rings. The summed E-state index contributed by atoms with van der Waals surface area (Å²) in [7, 11) is -2.31. The third-order valence-corrected chi connectivity index (χ3v) is 14.3. The highest BCUT2D eigenvalue weighted by Gasteiger charge is 2.56. The Hall–Kier alpha value is -4.40. The van der Waals surface area contributed by atoms with E-state index in [9.17, 15) is 27.6 Å². The van der Waals surface area contributed by atoms with E-state index in [-0.39, 0.29) is 37.3 Å². The van der Waals surface area contributed by atoms with Gasteiger partial charge in [-0.3, -0.25) is 19.1 Å². The zero-order valence-electron chi connectivity index (χ0n) is 32.6. The second-order valence-corrected chi connectivity index (χ2v) is 18.6.